The Morgan fingerprint density at radius 3 is 3.00 bits per heavy atom. The Morgan fingerprint density at radius 1 is 1.62 bits per heavy atom. The van der Waals surface area contributed by atoms with Crippen molar-refractivity contribution in [2.45, 2.75) is 6.42 Å². The summed E-state index contributed by atoms with van der Waals surface area (Å²) in [5.74, 6) is 1.10. The number of carbonyl (C=O) groups excluding carboxylic acids is 1. The highest BCUT2D eigenvalue weighted by molar-refractivity contribution is 9.10. The van der Waals surface area contributed by atoms with E-state index in [1.807, 2.05) is 0 Å². The second-order valence-corrected chi connectivity index (χ2v) is 4.98. The van der Waals surface area contributed by atoms with E-state index >= 15 is 0 Å². The molecule has 4 nitrogen and oxygen atoms in total. The Hall–Kier alpha value is -0.390. The smallest absolute Gasteiger partial charge is 0.228 e. The van der Waals surface area contributed by atoms with E-state index in [1.165, 1.54) is 6.20 Å². The van der Waals surface area contributed by atoms with Gasteiger partial charge in [-0.3, -0.25) is 9.69 Å². The molecule has 1 amide bonds. The highest BCUT2D eigenvalue weighted by atomic mass is 79.9. The molecule has 1 fully saturated rings. The molecule has 1 aliphatic heterocycles. The monoisotopic (exact) mass is 323 g/mol. The van der Waals surface area contributed by atoms with Gasteiger partial charge in [-0.15, -0.1) is 11.6 Å². The van der Waals surface area contributed by atoms with E-state index in [-0.39, 0.29) is 17.0 Å². The maximum Gasteiger partial charge on any atom is 0.228 e. The molecular weight excluding hydrogens is 317 g/mol. The zero-order valence-electron chi connectivity index (χ0n) is 8.16. The van der Waals surface area contributed by atoms with Crippen LogP contribution in [0.15, 0.2) is 10.8 Å². The Labute approximate surface area is 111 Å². The number of aromatic nitrogens is 2. The predicted octanol–water partition coefficient (Wildman–Crippen LogP) is 2.48. The van der Waals surface area contributed by atoms with Gasteiger partial charge in [0.2, 0.25) is 5.91 Å². The van der Waals surface area contributed by atoms with Crippen molar-refractivity contribution in [3.8, 4) is 0 Å². The fourth-order valence-corrected chi connectivity index (χ4v) is 2.35. The molecule has 0 radical (unpaired) electrons. The van der Waals surface area contributed by atoms with Crippen LogP contribution in [0.5, 0.6) is 0 Å². The van der Waals surface area contributed by atoms with Crippen molar-refractivity contribution in [1.82, 2.24) is 9.97 Å². The molecule has 0 saturated carbocycles. The molecule has 1 aromatic heterocycles. The van der Waals surface area contributed by atoms with E-state index in [0.717, 1.165) is 0 Å². The number of hydrogen-bond acceptors (Lipinski definition) is 3. The quantitative estimate of drug-likeness (QED) is 0.785. The summed E-state index contributed by atoms with van der Waals surface area (Å²) < 4.78 is 0.514. The molecule has 2 rings (SSSR count). The van der Waals surface area contributed by atoms with Crippen molar-refractivity contribution in [3.05, 3.63) is 16.0 Å². The van der Waals surface area contributed by atoms with Gasteiger partial charge in [-0.25, -0.2) is 9.97 Å². The first-order valence-electron chi connectivity index (χ1n) is 4.66. The number of halogens is 3. The molecule has 1 aromatic rings. The summed E-state index contributed by atoms with van der Waals surface area (Å²) in [7, 11) is 0. The zero-order chi connectivity index (χ0) is 11.7. The minimum atomic E-state index is 0.00270. The molecule has 1 saturated heterocycles. The summed E-state index contributed by atoms with van der Waals surface area (Å²) in [6.07, 6.45) is 1.87. The van der Waals surface area contributed by atoms with Crippen LogP contribution in [0.1, 0.15) is 6.42 Å². The van der Waals surface area contributed by atoms with Crippen LogP contribution in [0.4, 0.5) is 5.82 Å². The lowest BCUT2D eigenvalue weighted by Gasteiger charge is -2.16. The summed E-state index contributed by atoms with van der Waals surface area (Å²) in [4.78, 5) is 21.4. The van der Waals surface area contributed by atoms with Gasteiger partial charge in [-0.2, -0.15) is 0 Å². The van der Waals surface area contributed by atoms with Crippen molar-refractivity contribution < 1.29 is 4.79 Å². The molecule has 1 aliphatic rings. The van der Waals surface area contributed by atoms with Crippen LogP contribution in [0, 0.1) is 5.92 Å². The minimum absolute atomic E-state index is 0.00270. The van der Waals surface area contributed by atoms with Crippen molar-refractivity contribution in [1.29, 1.82) is 0 Å². The van der Waals surface area contributed by atoms with Gasteiger partial charge in [0.15, 0.2) is 5.82 Å². The van der Waals surface area contributed by atoms with E-state index in [2.05, 4.69) is 25.9 Å². The van der Waals surface area contributed by atoms with Gasteiger partial charge in [0, 0.05) is 18.8 Å². The van der Waals surface area contributed by atoms with Crippen molar-refractivity contribution >= 4 is 50.9 Å². The number of anilines is 1. The van der Waals surface area contributed by atoms with Gasteiger partial charge in [0.25, 0.3) is 0 Å². The standard InChI is InChI=1S/C9H8BrCl2N3O/c10-8-9(14-6(12)3-13-8)15-4-5(2-11)1-7(15)16/h3,5H,1-2,4H2. The zero-order valence-corrected chi connectivity index (χ0v) is 11.3. The summed E-state index contributed by atoms with van der Waals surface area (Å²) in [5.41, 5.74) is 0. The summed E-state index contributed by atoms with van der Waals surface area (Å²) >= 11 is 14.7. The number of hydrogen-bond donors (Lipinski definition) is 0. The third-order valence-electron chi connectivity index (χ3n) is 2.36. The van der Waals surface area contributed by atoms with Crippen LogP contribution < -0.4 is 4.90 Å². The number of rotatable bonds is 2. The normalized spacial score (nSPS) is 20.6. The molecular formula is C9H8BrCl2N3O. The van der Waals surface area contributed by atoms with Crippen LogP contribution in [0.2, 0.25) is 5.15 Å². The van der Waals surface area contributed by atoms with Crippen LogP contribution in [0.3, 0.4) is 0 Å². The van der Waals surface area contributed by atoms with Gasteiger partial charge < -0.3 is 0 Å². The highest BCUT2D eigenvalue weighted by Gasteiger charge is 2.32. The van der Waals surface area contributed by atoms with Crippen molar-refractivity contribution in [2.24, 2.45) is 5.92 Å². The van der Waals surface area contributed by atoms with Crippen LogP contribution in [-0.4, -0.2) is 28.3 Å². The second kappa shape index (κ2) is 4.85. The first-order chi connectivity index (χ1) is 7.61. The average molecular weight is 325 g/mol. The Balaban J connectivity index is 2.30. The first-order valence-corrected chi connectivity index (χ1v) is 6.36. The largest absolute Gasteiger partial charge is 0.294 e. The van der Waals surface area contributed by atoms with Gasteiger partial charge in [0.1, 0.15) is 9.76 Å². The van der Waals surface area contributed by atoms with Gasteiger partial charge in [0.05, 0.1) is 6.20 Å². The summed E-state index contributed by atoms with van der Waals surface area (Å²) in [5, 5.41) is 0.264. The molecule has 0 spiro atoms. The molecule has 0 aliphatic carbocycles. The first kappa shape index (κ1) is 12.1. The minimum Gasteiger partial charge on any atom is -0.294 e. The molecule has 86 valence electrons. The Kier molecular flexibility index (Phi) is 3.66. The maximum atomic E-state index is 11.7. The lowest BCUT2D eigenvalue weighted by Crippen LogP contribution is -2.26. The predicted molar refractivity (Wildman–Crippen MR) is 65.9 cm³/mol. The highest BCUT2D eigenvalue weighted by Crippen LogP contribution is 2.29. The molecule has 7 heteroatoms. The molecule has 0 N–H and O–H groups in total. The van der Waals surface area contributed by atoms with E-state index in [0.29, 0.717) is 29.3 Å². The Morgan fingerprint density at radius 2 is 2.38 bits per heavy atom. The fraction of sp³-hybridized carbons (Fsp3) is 0.444. The van der Waals surface area contributed by atoms with Crippen molar-refractivity contribution in [3.63, 3.8) is 0 Å². The van der Waals surface area contributed by atoms with Gasteiger partial charge >= 0.3 is 0 Å². The Bertz CT molecular complexity index is 429. The molecule has 1 atom stereocenters. The lowest BCUT2D eigenvalue weighted by molar-refractivity contribution is -0.117. The number of nitrogens with zero attached hydrogens (tertiary/aromatic N) is 3. The topological polar surface area (TPSA) is 46.1 Å². The van der Waals surface area contributed by atoms with Crippen molar-refractivity contribution in [2.75, 3.05) is 17.3 Å². The van der Waals surface area contributed by atoms with E-state index in [1.54, 1.807) is 4.90 Å². The number of amides is 1. The maximum absolute atomic E-state index is 11.7. The summed E-state index contributed by atoms with van der Waals surface area (Å²) in [6.45, 7) is 0.565. The number of alkyl halides is 1. The van der Waals surface area contributed by atoms with Crippen LogP contribution >= 0.6 is 39.1 Å². The molecule has 0 aromatic carbocycles. The van der Waals surface area contributed by atoms with Crippen LogP contribution in [-0.2, 0) is 4.79 Å². The number of carbonyl (C=O) groups is 1. The summed E-state index contributed by atoms with van der Waals surface area (Å²) in [6, 6.07) is 0. The third kappa shape index (κ3) is 2.31. The van der Waals surface area contributed by atoms with E-state index < -0.39 is 0 Å². The molecule has 1 unspecified atom stereocenters. The van der Waals surface area contributed by atoms with Gasteiger partial charge in [-0.1, -0.05) is 11.6 Å². The SMILES string of the molecule is O=C1CC(CCl)CN1c1nc(Cl)cnc1Br. The fourth-order valence-electron chi connectivity index (χ4n) is 1.61. The average Bonchev–Trinajstić information content (AvgIpc) is 2.63. The molecule has 0 bridgehead atoms. The second-order valence-electron chi connectivity index (χ2n) is 3.54. The van der Waals surface area contributed by atoms with Crippen LogP contribution in [0.25, 0.3) is 0 Å². The molecule has 16 heavy (non-hydrogen) atoms. The third-order valence-corrected chi connectivity index (χ3v) is 3.54. The van der Waals surface area contributed by atoms with E-state index in [9.17, 15) is 4.79 Å². The lowest BCUT2D eigenvalue weighted by atomic mass is 10.2. The van der Waals surface area contributed by atoms with Gasteiger partial charge in [-0.05, 0) is 21.8 Å². The van der Waals surface area contributed by atoms with E-state index in [4.69, 9.17) is 23.2 Å². The molecule has 2 heterocycles.